The smallest absolute Gasteiger partial charge is 0.127 e. The normalized spacial score (nSPS) is 11.3. The molecule has 0 radical (unpaired) electrons. The van der Waals surface area contributed by atoms with Gasteiger partial charge in [-0.1, -0.05) is 93.5 Å². The van der Waals surface area contributed by atoms with Crippen LogP contribution in [-0.4, -0.2) is 38.9 Å². The Morgan fingerprint density at radius 2 is 0.900 bits per heavy atom. The molecule has 30 heavy (non-hydrogen) atoms. The standard InChI is InChI=1S/C26H40O2P2/c1-7-17-29(18-8-2)23-15-11-13-21(27-5)25(23)26-22(28-6)14-12-16-24(26)30(19-9-3)20-10-4/h11-16H,7-10,17-20H2,1-6H3. The number of methoxy groups -OCH3 is 2. The lowest BCUT2D eigenvalue weighted by molar-refractivity contribution is 0.411. The molecular weight excluding hydrogens is 406 g/mol. The van der Waals surface area contributed by atoms with Gasteiger partial charge >= 0.3 is 0 Å². The molecule has 0 aromatic heterocycles. The van der Waals surface area contributed by atoms with Gasteiger partial charge < -0.3 is 9.47 Å². The van der Waals surface area contributed by atoms with Crippen molar-refractivity contribution in [3.63, 3.8) is 0 Å². The van der Waals surface area contributed by atoms with Crippen LogP contribution in [0.15, 0.2) is 36.4 Å². The first-order valence-corrected chi connectivity index (χ1v) is 14.9. The number of hydrogen-bond acceptors (Lipinski definition) is 2. The van der Waals surface area contributed by atoms with Crippen LogP contribution in [0.2, 0.25) is 0 Å². The van der Waals surface area contributed by atoms with Crippen LogP contribution in [0.5, 0.6) is 11.5 Å². The van der Waals surface area contributed by atoms with Gasteiger partial charge in [0.15, 0.2) is 0 Å². The molecule has 0 saturated heterocycles. The van der Waals surface area contributed by atoms with Crippen molar-refractivity contribution in [2.45, 2.75) is 53.4 Å². The minimum atomic E-state index is -0.215. The molecule has 4 heteroatoms. The van der Waals surface area contributed by atoms with Gasteiger partial charge in [-0.05, 0) is 47.4 Å². The summed E-state index contributed by atoms with van der Waals surface area (Å²) in [7, 11) is 3.18. The highest BCUT2D eigenvalue weighted by molar-refractivity contribution is 7.66. The van der Waals surface area contributed by atoms with Crippen molar-refractivity contribution in [3.05, 3.63) is 36.4 Å². The molecule has 0 aliphatic heterocycles. The molecule has 2 aromatic carbocycles. The summed E-state index contributed by atoms with van der Waals surface area (Å²) in [5.41, 5.74) is 2.58. The Morgan fingerprint density at radius 3 is 1.17 bits per heavy atom. The van der Waals surface area contributed by atoms with Gasteiger partial charge in [0, 0.05) is 11.1 Å². The highest BCUT2D eigenvalue weighted by atomic mass is 31.1. The van der Waals surface area contributed by atoms with E-state index in [1.807, 2.05) is 0 Å². The Hall–Kier alpha value is -1.10. The molecule has 0 bridgehead atoms. The van der Waals surface area contributed by atoms with Crippen LogP contribution in [0.4, 0.5) is 0 Å². The summed E-state index contributed by atoms with van der Waals surface area (Å²) in [5.74, 6) is 1.97. The first-order chi connectivity index (χ1) is 14.7. The van der Waals surface area contributed by atoms with Gasteiger partial charge in [0.2, 0.25) is 0 Å². The molecular formula is C26H40O2P2. The average molecular weight is 447 g/mol. The van der Waals surface area contributed by atoms with Crippen LogP contribution in [0.1, 0.15) is 53.4 Å². The van der Waals surface area contributed by atoms with Crippen molar-refractivity contribution >= 4 is 26.5 Å². The van der Waals surface area contributed by atoms with Gasteiger partial charge in [-0.3, -0.25) is 0 Å². The van der Waals surface area contributed by atoms with Crippen molar-refractivity contribution in [2.75, 3.05) is 38.9 Å². The largest absolute Gasteiger partial charge is 0.496 e. The van der Waals surface area contributed by atoms with E-state index in [2.05, 4.69) is 64.1 Å². The van der Waals surface area contributed by atoms with Crippen LogP contribution < -0.4 is 20.1 Å². The highest BCUT2D eigenvalue weighted by Crippen LogP contribution is 2.48. The van der Waals surface area contributed by atoms with Crippen molar-refractivity contribution in [1.82, 2.24) is 0 Å². The lowest BCUT2D eigenvalue weighted by Gasteiger charge is -2.27. The molecule has 0 fully saturated rings. The monoisotopic (exact) mass is 446 g/mol. The van der Waals surface area contributed by atoms with Gasteiger partial charge in [0.25, 0.3) is 0 Å². The summed E-state index contributed by atoms with van der Waals surface area (Å²) in [6, 6.07) is 13.3. The second kappa shape index (κ2) is 13.3. The van der Waals surface area contributed by atoms with E-state index in [0.29, 0.717) is 0 Å². The third-order valence-electron chi connectivity index (χ3n) is 5.35. The molecule has 0 atom stereocenters. The summed E-state index contributed by atoms with van der Waals surface area (Å²) in [6.07, 6.45) is 9.97. The molecule has 0 saturated carbocycles. The Balaban J connectivity index is 2.81. The zero-order valence-electron chi connectivity index (χ0n) is 19.8. The van der Waals surface area contributed by atoms with E-state index in [-0.39, 0.29) is 15.8 Å². The Morgan fingerprint density at radius 1 is 0.567 bits per heavy atom. The van der Waals surface area contributed by atoms with E-state index in [9.17, 15) is 0 Å². The van der Waals surface area contributed by atoms with E-state index in [1.54, 1.807) is 14.2 Å². The van der Waals surface area contributed by atoms with Gasteiger partial charge in [-0.15, -0.1) is 0 Å². The number of ether oxygens (including phenoxy) is 2. The van der Waals surface area contributed by atoms with Crippen molar-refractivity contribution in [3.8, 4) is 22.6 Å². The zero-order chi connectivity index (χ0) is 21.9. The lowest BCUT2D eigenvalue weighted by atomic mass is 10.0. The molecule has 2 aromatic rings. The summed E-state index contributed by atoms with van der Waals surface area (Å²) >= 11 is 0. The summed E-state index contributed by atoms with van der Waals surface area (Å²) in [5, 5.41) is 2.98. The molecule has 166 valence electrons. The summed E-state index contributed by atoms with van der Waals surface area (Å²) in [6.45, 7) is 9.23. The SMILES string of the molecule is CCCP(CCC)c1cccc(OC)c1-c1c(OC)cccc1P(CCC)CCC. The second-order valence-corrected chi connectivity index (χ2v) is 12.6. The van der Waals surface area contributed by atoms with E-state index < -0.39 is 0 Å². The Labute approximate surface area is 187 Å². The van der Waals surface area contributed by atoms with Crippen molar-refractivity contribution in [1.29, 1.82) is 0 Å². The van der Waals surface area contributed by atoms with Crippen LogP contribution in [0, 0.1) is 0 Å². The lowest BCUT2D eigenvalue weighted by Crippen LogP contribution is -2.17. The van der Waals surface area contributed by atoms with Crippen LogP contribution in [0.25, 0.3) is 11.1 Å². The molecule has 0 aliphatic carbocycles. The van der Waals surface area contributed by atoms with Crippen LogP contribution >= 0.6 is 15.8 Å². The number of hydrogen-bond donors (Lipinski definition) is 0. The molecule has 0 heterocycles. The number of rotatable bonds is 13. The molecule has 0 unspecified atom stereocenters. The first kappa shape index (κ1) is 25.2. The minimum absolute atomic E-state index is 0.215. The fourth-order valence-corrected chi connectivity index (χ4v) is 9.43. The summed E-state index contributed by atoms with van der Waals surface area (Å²) in [4.78, 5) is 0. The maximum Gasteiger partial charge on any atom is 0.127 e. The zero-order valence-corrected chi connectivity index (χ0v) is 21.6. The topological polar surface area (TPSA) is 18.5 Å². The molecule has 0 spiro atoms. The van der Waals surface area contributed by atoms with Gasteiger partial charge in [-0.25, -0.2) is 0 Å². The third kappa shape index (κ3) is 5.99. The second-order valence-electron chi connectivity index (χ2n) is 7.68. The molecule has 0 N–H and O–H groups in total. The Kier molecular flexibility index (Phi) is 11.2. The average Bonchev–Trinajstić information content (AvgIpc) is 2.77. The van der Waals surface area contributed by atoms with E-state index in [1.165, 1.54) is 72.1 Å². The maximum absolute atomic E-state index is 5.96. The van der Waals surface area contributed by atoms with Crippen LogP contribution in [-0.2, 0) is 0 Å². The van der Waals surface area contributed by atoms with E-state index in [0.717, 1.165) is 11.5 Å². The van der Waals surface area contributed by atoms with Gasteiger partial charge in [0.05, 0.1) is 14.2 Å². The quantitative estimate of drug-likeness (QED) is 0.302. The summed E-state index contributed by atoms with van der Waals surface area (Å²) < 4.78 is 11.9. The predicted molar refractivity (Wildman–Crippen MR) is 139 cm³/mol. The van der Waals surface area contributed by atoms with E-state index >= 15 is 0 Å². The third-order valence-corrected chi connectivity index (χ3v) is 11.4. The Bertz CT molecular complexity index is 698. The maximum atomic E-state index is 5.96. The van der Waals surface area contributed by atoms with Crippen LogP contribution in [0.3, 0.4) is 0 Å². The van der Waals surface area contributed by atoms with Crippen molar-refractivity contribution in [2.24, 2.45) is 0 Å². The minimum Gasteiger partial charge on any atom is -0.496 e. The molecule has 2 rings (SSSR count). The van der Waals surface area contributed by atoms with Gasteiger partial charge in [0.1, 0.15) is 11.5 Å². The molecule has 0 aliphatic rings. The fourth-order valence-electron chi connectivity index (χ4n) is 4.19. The highest BCUT2D eigenvalue weighted by Gasteiger charge is 2.25. The first-order valence-electron chi connectivity index (χ1n) is 11.5. The fraction of sp³-hybridized carbons (Fsp3) is 0.538. The predicted octanol–water partition coefficient (Wildman–Crippen LogP) is 7.23. The van der Waals surface area contributed by atoms with Gasteiger partial charge in [-0.2, -0.15) is 0 Å². The number of benzene rings is 2. The molecule has 0 amide bonds. The molecule has 2 nitrogen and oxygen atoms in total. The van der Waals surface area contributed by atoms with Crippen molar-refractivity contribution < 1.29 is 9.47 Å². The van der Waals surface area contributed by atoms with E-state index in [4.69, 9.17) is 9.47 Å².